The molecular weight excluding hydrogens is 374 g/mol. The molecule has 0 saturated heterocycles. The lowest BCUT2D eigenvalue weighted by Gasteiger charge is -2.37. The van der Waals surface area contributed by atoms with Crippen molar-refractivity contribution in [1.29, 1.82) is 0 Å². The Labute approximate surface area is 175 Å². The van der Waals surface area contributed by atoms with Gasteiger partial charge in [-0.2, -0.15) is 0 Å². The maximum absolute atomic E-state index is 11.1. The molecule has 5 heteroatoms. The molecule has 0 bridgehead atoms. The summed E-state index contributed by atoms with van der Waals surface area (Å²) in [4.78, 5) is 15.1. The van der Waals surface area contributed by atoms with Gasteiger partial charge in [-0.25, -0.2) is 4.98 Å². The highest BCUT2D eigenvalue weighted by atomic mass is 16.6. The molecule has 0 atom stereocenters. The molecule has 148 valence electrons. The Hall–Kier alpha value is -3.99. The summed E-state index contributed by atoms with van der Waals surface area (Å²) in [5, 5.41) is 11.1. The van der Waals surface area contributed by atoms with Crippen LogP contribution in [-0.2, 0) is 5.54 Å². The lowest BCUT2D eigenvalue weighted by Crippen LogP contribution is -2.36. The highest BCUT2D eigenvalue weighted by Gasteiger charge is 2.38. The van der Waals surface area contributed by atoms with Gasteiger partial charge in [0, 0.05) is 19.2 Å². The normalized spacial score (nSPS) is 12.0. The topological polar surface area (TPSA) is 61.0 Å². The van der Waals surface area contributed by atoms with Crippen LogP contribution >= 0.6 is 0 Å². The van der Waals surface area contributed by atoms with E-state index in [0.29, 0.717) is 5.69 Å². The van der Waals surface area contributed by atoms with Gasteiger partial charge in [-0.15, -0.1) is 0 Å². The Kier molecular flexibility index (Phi) is 5.26. The molecule has 0 unspecified atom stereocenters. The Morgan fingerprint density at radius 2 is 1.30 bits per heavy atom. The second kappa shape index (κ2) is 8.17. The molecule has 3 aromatic carbocycles. The van der Waals surface area contributed by atoms with E-state index in [4.69, 9.17) is 0 Å². The van der Waals surface area contributed by atoms with Gasteiger partial charge >= 0.3 is 0 Å². The maximum Gasteiger partial charge on any atom is 0.245 e. The Bertz CT molecular complexity index is 1070. The molecule has 4 aromatic rings. The zero-order valence-electron chi connectivity index (χ0n) is 16.6. The highest BCUT2D eigenvalue weighted by Crippen LogP contribution is 2.40. The van der Waals surface area contributed by atoms with E-state index >= 15 is 0 Å². The molecule has 0 amide bonds. The van der Waals surface area contributed by atoms with Crippen molar-refractivity contribution in [2.75, 3.05) is 0 Å². The summed E-state index contributed by atoms with van der Waals surface area (Å²) >= 11 is 0. The second-order valence-electron chi connectivity index (χ2n) is 7.06. The summed E-state index contributed by atoms with van der Waals surface area (Å²) < 4.78 is 2.03. The van der Waals surface area contributed by atoms with Crippen LogP contribution in [0.3, 0.4) is 0 Å². The lowest BCUT2D eigenvalue weighted by atomic mass is 9.77. The van der Waals surface area contributed by atoms with Crippen LogP contribution < -0.4 is 0 Å². The fourth-order valence-electron chi connectivity index (χ4n) is 3.85. The van der Waals surface area contributed by atoms with Crippen LogP contribution in [0, 0.1) is 10.1 Å². The predicted octanol–water partition coefficient (Wildman–Crippen LogP) is 5.36. The maximum atomic E-state index is 11.1. The van der Waals surface area contributed by atoms with Crippen LogP contribution in [0.4, 0.5) is 0 Å². The van der Waals surface area contributed by atoms with Gasteiger partial charge in [0.15, 0.2) is 0 Å². The minimum atomic E-state index is -0.675. The van der Waals surface area contributed by atoms with E-state index in [1.165, 1.54) is 13.0 Å². The molecule has 4 rings (SSSR count). The first-order valence-electron chi connectivity index (χ1n) is 9.66. The SMILES string of the molecule is C/C(=C/c1cn(C(c2ccccc2)(c2ccccc2)c2ccccc2)cn1)[N+](=O)[O-]. The van der Waals surface area contributed by atoms with Crippen molar-refractivity contribution >= 4 is 6.08 Å². The standard InChI is InChI=1S/C25H21N3O2/c1-20(28(29)30)17-24-18-27(19-26-24)25(21-11-5-2-6-12-21,22-13-7-3-8-14-22)23-15-9-4-10-16-23/h2-19H,1H3/b20-17-. The molecule has 0 fully saturated rings. The monoisotopic (exact) mass is 395 g/mol. The minimum absolute atomic E-state index is 0.0463. The van der Waals surface area contributed by atoms with Crippen LogP contribution in [-0.4, -0.2) is 14.5 Å². The van der Waals surface area contributed by atoms with Crippen LogP contribution in [0.1, 0.15) is 29.3 Å². The summed E-state index contributed by atoms with van der Waals surface area (Å²) in [6, 6.07) is 30.7. The van der Waals surface area contributed by atoms with Crippen molar-refractivity contribution < 1.29 is 4.92 Å². The quantitative estimate of drug-likeness (QED) is 0.251. The molecule has 1 aromatic heterocycles. The zero-order valence-corrected chi connectivity index (χ0v) is 16.6. The van der Waals surface area contributed by atoms with Crippen molar-refractivity contribution in [2.45, 2.75) is 12.5 Å². The van der Waals surface area contributed by atoms with E-state index < -0.39 is 10.5 Å². The molecule has 5 nitrogen and oxygen atoms in total. The highest BCUT2D eigenvalue weighted by molar-refractivity contribution is 5.52. The number of benzene rings is 3. The Morgan fingerprint density at radius 1 is 0.867 bits per heavy atom. The number of hydrogen-bond acceptors (Lipinski definition) is 3. The first-order valence-corrected chi connectivity index (χ1v) is 9.66. The van der Waals surface area contributed by atoms with Crippen molar-refractivity contribution in [3.05, 3.63) is 142 Å². The van der Waals surface area contributed by atoms with Crippen LogP contribution in [0.5, 0.6) is 0 Å². The third-order valence-corrected chi connectivity index (χ3v) is 5.21. The third-order valence-electron chi connectivity index (χ3n) is 5.21. The van der Waals surface area contributed by atoms with Gasteiger partial charge in [-0.1, -0.05) is 91.0 Å². The van der Waals surface area contributed by atoms with E-state index in [-0.39, 0.29) is 5.70 Å². The fourth-order valence-corrected chi connectivity index (χ4v) is 3.85. The third kappa shape index (κ3) is 3.42. The van der Waals surface area contributed by atoms with E-state index in [9.17, 15) is 10.1 Å². The smallest absolute Gasteiger partial charge is 0.245 e. The summed E-state index contributed by atoms with van der Waals surface area (Å²) in [7, 11) is 0. The fraction of sp³-hybridized carbons (Fsp3) is 0.0800. The molecule has 0 saturated carbocycles. The van der Waals surface area contributed by atoms with Crippen molar-refractivity contribution in [3.8, 4) is 0 Å². The van der Waals surface area contributed by atoms with Gasteiger partial charge < -0.3 is 4.57 Å². The Morgan fingerprint density at radius 3 is 1.70 bits per heavy atom. The molecular formula is C25H21N3O2. The average Bonchev–Trinajstić information content (AvgIpc) is 3.25. The number of allylic oxidation sites excluding steroid dienone is 1. The van der Waals surface area contributed by atoms with Crippen LogP contribution in [0.2, 0.25) is 0 Å². The van der Waals surface area contributed by atoms with Crippen LogP contribution in [0.15, 0.2) is 109 Å². The first-order chi connectivity index (χ1) is 14.6. The molecule has 1 heterocycles. The first kappa shape index (κ1) is 19.3. The number of nitrogens with zero attached hydrogens (tertiary/aromatic N) is 3. The van der Waals surface area contributed by atoms with E-state index in [1.54, 1.807) is 6.33 Å². The molecule has 0 N–H and O–H groups in total. The second-order valence-corrected chi connectivity index (χ2v) is 7.06. The number of nitro groups is 1. The largest absolute Gasteiger partial charge is 0.318 e. The molecule has 30 heavy (non-hydrogen) atoms. The number of imidazole rings is 1. The van der Waals surface area contributed by atoms with E-state index in [2.05, 4.69) is 41.4 Å². The minimum Gasteiger partial charge on any atom is -0.318 e. The van der Waals surface area contributed by atoms with Crippen molar-refractivity contribution in [1.82, 2.24) is 9.55 Å². The van der Waals surface area contributed by atoms with E-state index in [1.807, 2.05) is 65.4 Å². The van der Waals surface area contributed by atoms with Gasteiger partial charge in [0.1, 0.15) is 5.54 Å². The molecule has 0 aliphatic rings. The lowest BCUT2D eigenvalue weighted by molar-refractivity contribution is -0.422. The number of aromatic nitrogens is 2. The number of hydrogen-bond donors (Lipinski definition) is 0. The zero-order chi connectivity index (χ0) is 21.0. The average molecular weight is 395 g/mol. The Balaban J connectivity index is 2.03. The summed E-state index contributed by atoms with van der Waals surface area (Å²) in [5.74, 6) is 0. The predicted molar refractivity (Wildman–Crippen MR) is 117 cm³/mol. The van der Waals surface area contributed by atoms with E-state index in [0.717, 1.165) is 16.7 Å². The number of rotatable bonds is 6. The summed E-state index contributed by atoms with van der Waals surface area (Å²) in [6.07, 6.45) is 5.09. The van der Waals surface area contributed by atoms with Gasteiger partial charge in [0.25, 0.3) is 0 Å². The molecule has 0 aliphatic heterocycles. The van der Waals surface area contributed by atoms with Crippen molar-refractivity contribution in [2.24, 2.45) is 0 Å². The molecule has 0 aliphatic carbocycles. The van der Waals surface area contributed by atoms with Crippen LogP contribution in [0.25, 0.3) is 6.08 Å². The van der Waals surface area contributed by atoms with Gasteiger partial charge in [0.05, 0.1) is 16.9 Å². The van der Waals surface area contributed by atoms with Gasteiger partial charge in [-0.3, -0.25) is 10.1 Å². The van der Waals surface area contributed by atoms with Crippen molar-refractivity contribution in [3.63, 3.8) is 0 Å². The molecule has 0 radical (unpaired) electrons. The molecule has 0 spiro atoms. The summed E-state index contributed by atoms with van der Waals surface area (Å²) in [5.41, 5.74) is 3.12. The van der Waals surface area contributed by atoms with Gasteiger partial charge in [-0.05, 0) is 16.7 Å². The van der Waals surface area contributed by atoms with Gasteiger partial charge in [0.2, 0.25) is 5.70 Å². The summed E-state index contributed by atoms with van der Waals surface area (Å²) in [6.45, 7) is 1.47.